The predicted molar refractivity (Wildman–Crippen MR) is 92.1 cm³/mol. The summed E-state index contributed by atoms with van der Waals surface area (Å²) in [5, 5.41) is 0. The van der Waals surface area contributed by atoms with Crippen molar-refractivity contribution in [3.05, 3.63) is 68.1 Å². The Balaban J connectivity index is 2.12. The fraction of sp³-hybridized carbons (Fsp3) is 0.176. The Labute approximate surface area is 146 Å². The molecular weight excluding hydrogens is 345 g/mol. The molecule has 0 atom stereocenters. The van der Waals surface area contributed by atoms with Crippen LogP contribution in [0.4, 0.5) is 10.2 Å². The number of aromatic nitrogens is 2. The molecule has 2 N–H and O–H groups in total. The van der Waals surface area contributed by atoms with Crippen molar-refractivity contribution in [2.45, 2.75) is 0 Å². The van der Waals surface area contributed by atoms with Crippen molar-refractivity contribution in [3.8, 4) is 0 Å². The van der Waals surface area contributed by atoms with E-state index in [0.717, 1.165) is 15.2 Å². The molecule has 0 bridgehead atoms. The number of anilines is 1. The number of esters is 1. The van der Waals surface area contributed by atoms with Crippen LogP contribution in [0.2, 0.25) is 0 Å². The zero-order valence-corrected chi connectivity index (χ0v) is 14.1. The molecule has 0 spiro atoms. The quantitative estimate of drug-likeness (QED) is 0.464. The number of nitrogens with zero attached hydrogens (tertiary/aromatic N) is 2. The third-order valence-electron chi connectivity index (χ3n) is 3.64. The highest BCUT2D eigenvalue weighted by molar-refractivity contribution is 6.01. The first kappa shape index (κ1) is 18.8. The van der Waals surface area contributed by atoms with E-state index in [1.54, 1.807) is 6.07 Å². The maximum absolute atomic E-state index is 13.4. The van der Waals surface area contributed by atoms with Gasteiger partial charge in [0.05, 0.1) is 0 Å². The zero-order chi connectivity index (χ0) is 19.4. The number of halogens is 1. The van der Waals surface area contributed by atoms with E-state index in [-0.39, 0.29) is 11.4 Å². The van der Waals surface area contributed by atoms with E-state index < -0.39 is 41.0 Å². The van der Waals surface area contributed by atoms with Gasteiger partial charge in [0.25, 0.3) is 5.56 Å². The molecule has 0 aliphatic carbocycles. The van der Waals surface area contributed by atoms with E-state index in [4.69, 9.17) is 10.5 Å². The highest BCUT2D eigenvalue weighted by atomic mass is 19.1. The van der Waals surface area contributed by atoms with Crippen molar-refractivity contribution in [1.29, 1.82) is 0 Å². The van der Waals surface area contributed by atoms with Gasteiger partial charge in [0.2, 0.25) is 5.78 Å². The Morgan fingerprint density at radius 3 is 2.50 bits per heavy atom. The summed E-state index contributed by atoms with van der Waals surface area (Å²) < 4.78 is 19.9. The standard InChI is InChI=1S/C17H16FN3O5/c1-20-15(19)14(16(24)21(2)17(20)25)12(22)9-26-13(23)8-7-10-5-3-4-6-11(10)18/h3-8H,9,19H2,1-2H3/b8-7+. The lowest BCUT2D eigenvalue weighted by molar-refractivity contribution is -0.136. The van der Waals surface area contributed by atoms with Gasteiger partial charge in [-0.05, 0) is 12.1 Å². The van der Waals surface area contributed by atoms with Gasteiger partial charge in [0, 0.05) is 25.7 Å². The highest BCUT2D eigenvalue weighted by Gasteiger charge is 2.21. The molecule has 0 radical (unpaired) electrons. The zero-order valence-electron chi connectivity index (χ0n) is 14.1. The van der Waals surface area contributed by atoms with Crippen LogP contribution in [0.5, 0.6) is 0 Å². The first-order chi connectivity index (χ1) is 12.2. The van der Waals surface area contributed by atoms with Gasteiger partial charge in [-0.15, -0.1) is 0 Å². The molecule has 0 fully saturated rings. The van der Waals surface area contributed by atoms with Crippen molar-refractivity contribution >= 4 is 23.6 Å². The molecule has 8 nitrogen and oxygen atoms in total. The second-order valence-corrected chi connectivity index (χ2v) is 5.35. The van der Waals surface area contributed by atoms with Crippen LogP contribution in [0, 0.1) is 5.82 Å². The molecule has 2 aromatic rings. The van der Waals surface area contributed by atoms with Crippen molar-refractivity contribution in [3.63, 3.8) is 0 Å². The first-order valence-electron chi connectivity index (χ1n) is 7.42. The van der Waals surface area contributed by atoms with Gasteiger partial charge in [0.1, 0.15) is 17.2 Å². The fourth-order valence-corrected chi connectivity index (χ4v) is 2.15. The normalized spacial score (nSPS) is 10.9. The van der Waals surface area contributed by atoms with Crippen LogP contribution in [0.15, 0.2) is 39.9 Å². The van der Waals surface area contributed by atoms with Crippen LogP contribution in [-0.4, -0.2) is 27.5 Å². The molecule has 26 heavy (non-hydrogen) atoms. The minimum atomic E-state index is -0.901. The summed E-state index contributed by atoms with van der Waals surface area (Å²) in [5.74, 6) is -2.59. The van der Waals surface area contributed by atoms with Crippen LogP contribution in [-0.2, 0) is 23.6 Å². The number of carbonyl (C=O) groups excluding carboxylic acids is 2. The Bertz CT molecular complexity index is 1020. The van der Waals surface area contributed by atoms with E-state index in [2.05, 4.69) is 0 Å². The van der Waals surface area contributed by atoms with Gasteiger partial charge >= 0.3 is 11.7 Å². The van der Waals surface area contributed by atoms with Crippen molar-refractivity contribution in [2.75, 3.05) is 12.3 Å². The van der Waals surface area contributed by atoms with Crippen molar-refractivity contribution < 1.29 is 18.7 Å². The van der Waals surface area contributed by atoms with Crippen LogP contribution >= 0.6 is 0 Å². The van der Waals surface area contributed by atoms with Gasteiger partial charge in [-0.3, -0.25) is 18.7 Å². The number of Topliss-reactive ketones (excluding diaryl/α,β-unsaturated/α-hetero) is 1. The van der Waals surface area contributed by atoms with E-state index in [1.165, 1.54) is 38.4 Å². The summed E-state index contributed by atoms with van der Waals surface area (Å²) in [6.07, 6.45) is 2.15. The van der Waals surface area contributed by atoms with E-state index in [9.17, 15) is 23.6 Å². The average Bonchev–Trinajstić information content (AvgIpc) is 2.62. The lowest BCUT2D eigenvalue weighted by atomic mass is 10.2. The molecule has 0 saturated heterocycles. The van der Waals surface area contributed by atoms with E-state index >= 15 is 0 Å². The van der Waals surface area contributed by atoms with Crippen molar-refractivity contribution in [1.82, 2.24) is 9.13 Å². The monoisotopic (exact) mass is 361 g/mol. The molecule has 0 saturated carbocycles. The maximum Gasteiger partial charge on any atom is 0.332 e. The third-order valence-corrected chi connectivity index (χ3v) is 3.64. The molecule has 0 aliphatic rings. The molecule has 0 unspecified atom stereocenters. The lowest BCUT2D eigenvalue weighted by Crippen LogP contribution is -2.42. The maximum atomic E-state index is 13.4. The molecule has 1 aromatic heterocycles. The van der Waals surface area contributed by atoms with Gasteiger partial charge < -0.3 is 10.5 Å². The summed E-state index contributed by atoms with van der Waals surface area (Å²) in [7, 11) is 2.50. The summed E-state index contributed by atoms with van der Waals surface area (Å²) in [4.78, 5) is 47.6. The molecule has 1 aromatic carbocycles. The number of carbonyl (C=O) groups is 2. The lowest BCUT2D eigenvalue weighted by Gasteiger charge is -2.10. The third kappa shape index (κ3) is 3.77. The van der Waals surface area contributed by atoms with Gasteiger partial charge in [-0.25, -0.2) is 14.0 Å². The minimum Gasteiger partial charge on any atom is -0.454 e. The molecule has 0 amide bonds. The van der Waals surface area contributed by atoms with Gasteiger partial charge in [-0.1, -0.05) is 18.2 Å². The predicted octanol–water partition coefficient (Wildman–Crippen LogP) is 0.245. The van der Waals surface area contributed by atoms with E-state index in [0.29, 0.717) is 0 Å². The Kier molecular flexibility index (Phi) is 5.51. The number of benzene rings is 1. The molecule has 1 heterocycles. The summed E-state index contributed by atoms with van der Waals surface area (Å²) in [6, 6.07) is 5.78. The summed E-state index contributed by atoms with van der Waals surface area (Å²) in [6.45, 7) is -0.752. The van der Waals surface area contributed by atoms with Crippen LogP contribution in [0.25, 0.3) is 6.08 Å². The molecule has 9 heteroatoms. The minimum absolute atomic E-state index is 0.173. The Hall–Kier alpha value is -3.49. The topological polar surface area (TPSA) is 113 Å². The molecule has 2 rings (SSSR count). The number of hydrogen-bond donors (Lipinski definition) is 1. The van der Waals surface area contributed by atoms with Crippen molar-refractivity contribution in [2.24, 2.45) is 14.1 Å². The van der Waals surface area contributed by atoms with Crippen LogP contribution in [0.1, 0.15) is 15.9 Å². The number of nitrogen functional groups attached to an aromatic ring is 1. The fourth-order valence-electron chi connectivity index (χ4n) is 2.15. The Morgan fingerprint density at radius 1 is 1.19 bits per heavy atom. The highest BCUT2D eigenvalue weighted by Crippen LogP contribution is 2.08. The number of rotatable bonds is 5. The largest absolute Gasteiger partial charge is 0.454 e. The number of ether oxygens (including phenoxy) is 1. The smallest absolute Gasteiger partial charge is 0.332 e. The summed E-state index contributed by atoms with van der Waals surface area (Å²) >= 11 is 0. The SMILES string of the molecule is Cn1c(N)c(C(=O)COC(=O)/C=C/c2ccccc2F)c(=O)n(C)c1=O. The second-order valence-electron chi connectivity index (χ2n) is 5.35. The van der Waals surface area contributed by atoms with Crippen LogP contribution in [0.3, 0.4) is 0 Å². The van der Waals surface area contributed by atoms with Gasteiger partial charge in [0.15, 0.2) is 6.61 Å². The molecule has 0 aliphatic heterocycles. The van der Waals surface area contributed by atoms with Crippen LogP contribution < -0.4 is 17.0 Å². The number of nitrogens with two attached hydrogens (primary N) is 1. The first-order valence-corrected chi connectivity index (χ1v) is 7.42. The second kappa shape index (κ2) is 7.60. The number of hydrogen-bond acceptors (Lipinski definition) is 6. The Morgan fingerprint density at radius 2 is 1.85 bits per heavy atom. The number of ketones is 1. The average molecular weight is 361 g/mol. The molecular formula is C17H16FN3O5. The van der Waals surface area contributed by atoms with Gasteiger partial charge in [-0.2, -0.15) is 0 Å². The molecule has 136 valence electrons. The van der Waals surface area contributed by atoms with E-state index in [1.807, 2.05) is 0 Å². The summed E-state index contributed by atoms with van der Waals surface area (Å²) in [5.41, 5.74) is 3.81.